The highest BCUT2D eigenvalue weighted by Crippen LogP contribution is 1.91. The Morgan fingerprint density at radius 2 is 1.22 bits per heavy atom. The van der Waals surface area contributed by atoms with Gasteiger partial charge in [0.05, 0.1) is 24.8 Å². The third kappa shape index (κ3) is 4.53. The molecule has 10 heteroatoms. The number of nitrogens with zero attached hydrogens (tertiary/aromatic N) is 8. The van der Waals surface area contributed by atoms with E-state index < -0.39 is 0 Å². The fourth-order valence-electron chi connectivity index (χ4n) is 0.928. The van der Waals surface area contributed by atoms with Crippen LogP contribution in [-0.4, -0.2) is 40.4 Å². The Labute approximate surface area is 114 Å². The SMILES string of the molecule is CCn1nnc(CCl)n1.CCn1nnc(CCl)n1. The molecule has 0 aliphatic heterocycles. The second-order valence-corrected chi connectivity index (χ2v) is 3.59. The lowest BCUT2D eigenvalue weighted by atomic mass is 10.7. The number of hydrogen-bond acceptors (Lipinski definition) is 6. The summed E-state index contributed by atoms with van der Waals surface area (Å²) >= 11 is 10.8. The topological polar surface area (TPSA) is 87.2 Å². The normalized spacial score (nSPS) is 10.0. The maximum atomic E-state index is 5.42. The first-order valence-corrected chi connectivity index (χ1v) is 6.45. The van der Waals surface area contributed by atoms with E-state index >= 15 is 0 Å². The molecule has 0 aliphatic carbocycles. The number of aryl methyl sites for hydroxylation is 2. The summed E-state index contributed by atoms with van der Waals surface area (Å²) in [7, 11) is 0. The maximum Gasteiger partial charge on any atom is 0.189 e. The Morgan fingerprint density at radius 3 is 1.39 bits per heavy atom. The van der Waals surface area contributed by atoms with E-state index in [9.17, 15) is 0 Å². The molecule has 0 spiro atoms. The summed E-state index contributed by atoms with van der Waals surface area (Å²) in [4.78, 5) is 3.00. The molecule has 2 rings (SSSR count). The highest BCUT2D eigenvalue weighted by atomic mass is 35.5. The van der Waals surface area contributed by atoms with Gasteiger partial charge in [-0.15, -0.1) is 43.6 Å². The van der Waals surface area contributed by atoms with E-state index in [1.165, 1.54) is 9.59 Å². The Kier molecular flexibility index (Phi) is 6.51. The third-order valence-corrected chi connectivity index (χ3v) is 2.27. The molecule has 0 aromatic carbocycles. The number of aromatic nitrogens is 8. The molecule has 0 amide bonds. The van der Waals surface area contributed by atoms with Gasteiger partial charge in [-0.1, -0.05) is 0 Å². The van der Waals surface area contributed by atoms with Crippen LogP contribution in [0, 0.1) is 0 Å². The molecule has 100 valence electrons. The van der Waals surface area contributed by atoms with Crippen LogP contribution in [0.2, 0.25) is 0 Å². The summed E-state index contributed by atoms with van der Waals surface area (Å²) in [6.07, 6.45) is 0. The lowest BCUT2D eigenvalue weighted by Crippen LogP contribution is -1.98. The maximum absolute atomic E-state index is 5.42. The molecule has 0 atom stereocenters. The number of rotatable bonds is 4. The zero-order chi connectivity index (χ0) is 13.4. The van der Waals surface area contributed by atoms with E-state index in [-0.39, 0.29) is 0 Å². The van der Waals surface area contributed by atoms with Crippen LogP contribution in [0.1, 0.15) is 25.5 Å². The van der Waals surface area contributed by atoms with Crippen molar-refractivity contribution in [2.75, 3.05) is 0 Å². The molecule has 0 N–H and O–H groups in total. The van der Waals surface area contributed by atoms with Gasteiger partial charge in [0.15, 0.2) is 11.6 Å². The van der Waals surface area contributed by atoms with Crippen molar-refractivity contribution in [3.63, 3.8) is 0 Å². The van der Waals surface area contributed by atoms with Crippen LogP contribution >= 0.6 is 23.2 Å². The lowest BCUT2D eigenvalue weighted by Gasteiger charge is -1.84. The fourth-order valence-corrected chi connectivity index (χ4v) is 1.14. The van der Waals surface area contributed by atoms with Crippen LogP contribution in [0.25, 0.3) is 0 Å². The molecule has 0 saturated heterocycles. The summed E-state index contributed by atoms with van der Waals surface area (Å²) in [6.45, 7) is 5.37. The predicted octanol–water partition coefficient (Wildman–Crippen LogP) is 0.864. The van der Waals surface area contributed by atoms with Gasteiger partial charge in [0.2, 0.25) is 0 Å². The van der Waals surface area contributed by atoms with Gasteiger partial charge in [0, 0.05) is 0 Å². The van der Waals surface area contributed by atoms with Crippen LogP contribution in [0.3, 0.4) is 0 Å². The first-order chi connectivity index (χ1) is 8.73. The molecule has 0 saturated carbocycles. The van der Waals surface area contributed by atoms with Crippen LogP contribution < -0.4 is 0 Å². The zero-order valence-corrected chi connectivity index (χ0v) is 11.7. The fraction of sp³-hybridized carbons (Fsp3) is 0.750. The highest BCUT2D eigenvalue weighted by Gasteiger charge is 1.96. The largest absolute Gasteiger partial charge is 0.189 e. The summed E-state index contributed by atoms with van der Waals surface area (Å²) in [5.41, 5.74) is 0. The third-order valence-electron chi connectivity index (χ3n) is 1.79. The molecule has 0 aliphatic rings. The minimum atomic E-state index is 0.333. The van der Waals surface area contributed by atoms with Crippen molar-refractivity contribution in [2.45, 2.75) is 38.7 Å². The summed E-state index contributed by atoms with van der Waals surface area (Å²) < 4.78 is 0. The van der Waals surface area contributed by atoms with Crippen LogP contribution in [0.4, 0.5) is 0 Å². The smallest absolute Gasteiger partial charge is 0.164 e. The molecule has 0 radical (unpaired) electrons. The summed E-state index contributed by atoms with van der Waals surface area (Å²) in [5, 5.41) is 22.5. The van der Waals surface area contributed by atoms with E-state index in [1.54, 1.807) is 0 Å². The van der Waals surface area contributed by atoms with Crippen LogP contribution in [0.15, 0.2) is 0 Å². The Bertz CT molecular complexity index is 374. The predicted molar refractivity (Wildman–Crippen MR) is 66.1 cm³/mol. The van der Waals surface area contributed by atoms with E-state index in [0.29, 0.717) is 23.4 Å². The lowest BCUT2D eigenvalue weighted by molar-refractivity contribution is 0.551. The van der Waals surface area contributed by atoms with Gasteiger partial charge in [-0.25, -0.2) is 0 Å². The first kappa shape index (κ1) is 14.8. The van der Waals surface area contributed by atoms with Crippen molar-refractivity contribution >= 4 is 23.2 Å². The van der Waals surface area contributed by atoms with Gasteiger partial charge in [-0.05, 0) is 24.3 Å². The minimum absolute atomic E-state index is 0.333. The van der Waals surface area contributed by atoms with Gasteiger partial charge >= 0.3 is 0 Å². The van der Waals surface area contributed by atoms with Crippen molar-refractivity contribution in [3.05, 3.63) is 11.6 Å². The van der Waals surface area contributed by atoms with Crippen molar-refractivity contribution < 1.29 is 0 Å². The molecular formula is C8H14Cl2N8. The molecule has 0 unspecified atom stereocenters. The number of halogens is 2. The summed E-state index contributed by atoms with van der Waals surface area (Å²) in [6, 6.07) is 0. The number of tetrazole rings is 2. The van der Waals surface area contributed by atoms with E-state index in [0.717, 1.165) is 13.1 Å². The number of alkyl halides is 2. The Balaban J connectivity index is 0.000000180. The monoisotopic (exact) mass is 292 g/mol. The molecule has 2 heterocycles. The Hall–Kier alpha value is -1.28. The van der Waals surface area contributed by atoms with Gasteiger partial charge in [0.25, 0.3) is 0 Å². The van der Waals surface area contributed by atoms with Crippen molar-refractivity contribution in [1.29, 1.82) is 0 Å². The van der Waals surface area contributed by atoms with Gasteiger partial charge in [-0.3, -0.25) is 0 Å². The van der Waals surface area contributed by atoms with E-state index in [4.69, 9.17) is 23.2 Å². The van der Waals surface area contributed by atoms with Crippen molar-refractivity contribution in [1.82, 2.24) is 40.4 Å². The molecule has 0 bridgehead atoms. The average Bonchev–Trinajstić information content (AvgIpc) is 3.07. The first-order valence-electron chi connectivity index (χ1n) is 5.38. The number of hydrogen-bond donors (Lipinski definition) is 0. The van der Waals surface area contributed by atoms with Crippen LogP contribution in [-0.2, 0) is 24.8 Å². The summed E-state index contributed by atoms with van der Waals surface area (Å²) in [5.74, 6) is 1.83. The second-order valence-electron chi connectivity index (χ2n) is 3.06. The van der Waals surface area contributed by atoms with E-state index in [2.05, 4.69) is 30.8 Å². The van der Waals surface area contributed by atoms with E-state index in [1.807, 2.05) is 13.8 Å². The molecule has 2 aromatic heterocycles. The average molecular weight is 293 g/mol. The van der Waals surface area contributed by atoms with Gasteiger partial charge in [-0.2, -0.15) is 9.59 Å². The molecule has 8 nitrogen and oxygen atoms in total. The van der Waals surface area contributed by atoms with Crippen molar-refractivity contribution in [2.24, 2.45) is 0 Å². The van der Waals surface area contributed by atoms with Gasteiger partial charge in [0.1, 0.15) is 0 Å². The zero-order valence-electron chi connectivity index (χ0n) is 10.2. The molecule has 0 fully saturated rings. The molecule has 18 heavy (non-hydrogen) atoms. The standard InChI is InChI=1S/2C4H7ClN4/c2*1-2-9-7-4(3-5)6-8-9/h2*2-3H2,1H3. The van der Waals surface area contributed by atoms with Crippen molar-refractivity contribution in [3.8, 4) is 0 Å². The molecule has 2 aromatic rings. The van der Waals surface area contributed by atoms with Gasteiger partial charge < -0.3 is 0 Å². The highest BCUT2D eigenvalue weighted by molar-refractivity contribution is 6.16. The minimum Gasteiger partial charge on any atom is -0.164 e. The quantitative estimate of drug-likeness (QED) is 0.777. The Morgan fingerprint density at radius 1 is 0.833 bits per heavy atom. The van der Waals surface area contributed by atoms with Crippen LogP contribution in [0.5, 0.6) is 0 Å². The second kappa shape index (κ2) is 7.93. The molecular weight excluding hydrogens is 279 g/mol.